The van der Waals surface area contributed by atoms with Crippen LogP contribution in [0.25, 0.3) is 11.1 Å². The van der Waals surface area contributed by atoms with Crippen LogP contribution in [0.1, 0.15) is 29.5 Å². The molecule has 0 aliphatic carbocycles. The Morgan fingerprint density at radius 3 is 1.89 bits per heavy atom. The Kier molecular flexibility index (Phi) is 6.18. The van der Waals surface area contributed by atoms with Crippen LogP contribution >= 0.6 is 0 Å². The van der Waals surface area contributed by atoms with Crippen LogP contribution < -0.4 is 4.74 Å². The zero-order valence-corrected chi connectivity index (χ0v) is 19.5. The Morgan fingerprint density at radius 2 is 1.35 bits per heavy atom. The fourth-order valence-electron chi connectivity index (χ4n) is 5.03. The zero-order chi connectivity index (χ0) is 26.5. The van der Waals surface area contributed by atoms with Crippen LogP contribution in [0.4, 0.5) is 26.3 Å². The minimum atomic E-state index is -5.91. The Labute approximate surface area is 208 Å². The van der Waals surface area contributed by atoms with Crippen LogP contribution in [-0.4, -0.2) is 51.2 Å². The highest BCUT2D eigenvalue weighted by Gasteiger charge is 2.71. The molecule has 196 valence electrons. The normalized spacial score (nSPS) is 18.0. The number of aromatic nitrogens is 2. The van der Waals surface area contributed by atoms with E-state index in [4.69, 9.17) is 4.74 Å². The maximum absolute atomic E-state index is 13.1. The molecule has 1 N–H and O–H groups in total. The van der Waals surface area contributed by atoms with E-state index in [-0.39, 0.29) is 5.60 Å². The van der Waals surface area contributed by atoms with Crippen molar-refractivity contribution in [1.29, 1.82) is 0 Å². The van der Waals surface area contributed by atoms with E-state index in [1.54, 1.807) is 24.5 Å². The van der Waals surface area contributed by atoms with Crippen molar-refractivity contribution < 1.29 is 36.2 Å². The first kappa shape index (κ1) is 25.5. The molecular weight excluding hydrogens is 500 g/mol. The summed E-state index contributed by atoms with van der Waals surface area (Å²) in [7, 11) is 0. The van der Waals surface area contributed by atoms with Gasteiger partial charge in [0, 0.05) is 50.0 Å². The fraction of sp³-hybridized carbons (Fsp3) is 0.385. The van der Waals surface area contributed by atoms with Gasteiger partial charge >= 0.3 is 12.4 Å². The molecule has 0 amide bonds. The van der Waals surface area contributed by atoms with E-state index in [9.17, 15) is 31.4 Å². The fourth-order valence-corrected chi connectivity index (χ4v) is 5.03. The molecule has 3 aromatic rings. The second-order valence-electron chi connectivity index (χ2n) is 9.60. The molecule has 2 aromatic carbocycles. The van der Waals surface area contributed by atoms with E-state index >= 15 is 0 Å². The van der Waals surface area contributed by atoms with Gasteiger partial charge in [0.05, 0.1) is 12.4 Å². The highest BCUT2D eigenvalue weighted by Crippen LogP contribution is 2.50. The van der Waals surface area contributed by atoms with Crippen LogP contribution in [0.5, 0.6) is 5.75 Å². The first-order valence-electron chi connectivity index (χ1n) is 11.7. The molecule has 1 spiro atoms. The Morgan fingerprint density at radius 1 is 0.811 bits per heavy atom. The molecular formula is C26H23F6N3O2. The first-order valence-corrected chi connectivity index (χ1v) is 11.7. The second-order valence-corrected chi connectivity index (χ2v) is 9.60. The molecule has 5 rings (SSSR count). The summed E-state index contributed by atoms with van der Waals surface area (Å²) >= 11 is 0. The van der Waals surface area contributed by atoms with Gasteiger partial charge in [-0.15, -0.1) is 0 Å². The lowest BCUT2D eigenvalue weighted by molar-refractivity contribution is -0.376. The largest absolute Gasteiger partial charge is 0.485 e. The summed E-state index contributed by atoms with van der Waals surface area (Å²) in [4.78, 5) is 2.31. The molecule has 3 heterocycles. The topological polar surface area (TPSA) is 58.5 Å². The third-order valence-corrected chi connectivity index (χ3v) is 7.19. The number of halogens is 6. The van der Waals surface area contributed by atoms with Gasteiger partial charge in [0.2, 0.25) is 0 Å². The third kappa shape index (κ3) is 4.66. The van der Waals surface area contributed by atoms with Gasteiger partial charge in [0.1, 0.15) is 11.4 Å². The lowest BCUT2D eigenvalue weighted by atomic mass is 9.87. The van der Waals surface area contributed by atoms with Crippen LogP contribution in [0.3, 0.4) is 0 Å². The summed E-state index contributed by atoms with van der Waals surface area (Å²) in [6.45, 7) is 2.40. The number of rotatable bonds is 4. The predicted molar refractivity (Wildman–Crippen MR) is 121 cm³/mol. The molecule has 1 saturated heterocycles. The molecule has 0 bridgehead atoms. The highest BCUT2D eigenvalue weighted by molar-refractivity contribution is 5.64. The van der Waals surface area contributed by atoms with Crippen molar-refractivity contribution in [1.82, 2.24) is 15.1 Å². The number of fused-ring (bicyclic) bond motifs is 1. The van der Waals surface area contributed by atoms with E-state index in [1.165, 1.54) is 0 Å². The predicted octanol–water partition coefficient (Wildman–Crippen LogP) is 5.43. The van der Waals surface area contributed by atoms with Crippen molar-refractivity contribution in [2.75, 3.05) is 13.1 Å². The molecule has 2 aliphatic rings. The van der Waals surface area contributed by atoms with Gasteiger partial charge in [-0.1, -0.05) is 48.5 Å². The van der Waals surface area contributed by atoms with Crippen LogP contribution in [0.15, 0.2) is 60.9 Å². The Hall–Kier alpha value is -3.18. The molecule has 5 nitrogen and oxygen atoms in total. The minimum Gasteiger partial charge on any atom is -0.485 e. The van der Waals surface area contributed by atoms with Crippen LogP contribution in [0.2, 0.25) is 0 Å². The quantitative estimate of drug-likeness (QED) is 0.463. The van der Waals surface area contributed by atoms with E-state index in [2.05, 4.69) is 15.1 Å². The smallest absolute Gasteiger partial charge is 0.430 e. The van der Waals surface area contributed by atoms with E-state index in [0.29, 0.717) is 29.8 Å². The number of alkyl halides is 6. The number of aliphatic hydroxyl groups is 1. The summed E-state index contributed by atoms with van der Waals surface area (Å²) in [5.41, 5.74) is -3.26. The summed E-state index contributed by atoms with van der Waals surface area (Å²) in [6.07, 6.45) is -5.86. The molecule has 0 atom stereocenters. The molecule has 1 fully saturated rings. The molecule has 0 radical (unpaired) electrons. The minimum absolute atomic E-state index is 0.218. The average Bonchev–Trinajstić information content (AvgIpc) is 3.22. The lowest BCUT2D eigenvalue weighted by Crippen LogP contribution is -2.53. The maximum atomic E-state index is 13.1. The number of benzene rings is 2. The van der Waals surface area contributed by atoms with Gasteiger partial charge in [-0.25, -0.2) is 0 Å². The lowest BCUT2D eigenvalue weighted by Gasteiger charge is -2.38. The standard InChI is InChI=1S/C26H23F6N3O2/c27-25(28,29)24(36,26(30,31)32)21-7-5-19(6-8-21)18-3-1-17(2-4-18)16-35-11-9-23(10-12-35)13-20-14-33-34-15-22(20)37-23/h1-8,14-15,36H,9-13,16H2. The number of ether oxygens (including phenoxy) is 1. The number of likely N-dealkylation sites (tertiary alicyclic amines) is 1. The van der Waals surface area contributed by atoms with Gasteiger partial charge in [-0.3, -0.25) is 4.90 Å². The van der Waals surface area contributed by atoms with Crippen LogP contribution in [0, 0.1) is 0 Å². The Balaban J connectivity index is 1.22. The van der Waals surface area contributed by atoms with Gasteiger partial charge in [-0.05, 0) is 16.7 Å². The Bertz CT molecular complexity index is 1210. The van der Waals surface area contributed by atoms with E-state index in [1.807, 2.05) is 12.1 Å². The van der Waals surface area contributed by atoms with Crippen molar-refractivity contribution in [3.05, 3.63) is 77.6 Å². The molecule has 0 saturated carbocycles. The summed E-state index contributed by atoms with van der Waals surface area (Å²) < 4.78 is 84.8. The SMILES string of the molecule is OC(c1ccc(-c2ccc(CN3CCC4(CC3)Cc3cnncc3O4)cc2)cc1)(C(F)(F)F)C(F)(F)F. The van der Waals surface area contributed by atoms with Gasteiger partial charge < -0.3 is 9.84 Å². The summed E-state index contributed by atoms with van der Waals surface area (Å²) in [5, 5.41) is 17.4. The number of hydrogen-bond donors (Lipinski definition) is 1. The van der Waals surface area contributed by atoms with Crippen molar-refractivity contribution >= 4 is 0 Å². The zero-order valence-electron chi connectivity index (χ0n) is 19.5. The number of nitrogens with zero attached hydrogens (tertiary/aromatic N) is 3. The second kappa shape index (κ2) is 8.98. The van der Waals surface area contributed by atoms with Crippen molar-refractivity contribution in [3.63, 3.8) is 0 Å². The monoisotopic (exact) mass is 523 g/mol. The molecule has 37 heavy (non-hydrogen) atoms. The summed E-state index contributed by atoms with van der Waals surface area (Å²) in [5.74, 6) is 0.800. The van der Waals surface area contributed by atoms with Crippen molar-refractivity contribution in [2.45, 2.75) is 49.4 Å². The summed E-state index contributed by atoms with van der Waals surface area (Å²) in [6, 6.07) is 10.9. The highest BCUT2D eigenvalue weighted by atomic mass is 19.4. The first-order chi connectivity index (χ1) is 17.4. The maximum Gasteiger partial charge on any atom is 0.430 e. The van der Waals surface area contributed by atoms with Crippen molar-refractivity contribution in [2.24, 2.45) is 0 Å². The van der Waals surface area contributed by atoms with Gasteiger partial charge in [0.15, 0.2) is 0 Å². The number of hydrogen-bond acceptors (Lipinski definition) is 5. The third-order valence-electron chi connectivity index (χ3n) is 7.19. The molecule has 11 heteroatoms. The van der Waals surface area contributed by atoms with Gasteiger partial charge in [-0.2, -0.15) is 36.5 Å². The molecule has 0 unspecified atom stereocenters. The van der Waals surface area contributed by atoms with Gasteiger partial charge in [0.25, 0.3) is 5.60 Å². The molecule has 2 aliphatic heterocycles. The average molecular weight is 523 g/mol. The van der Waals surface area contributed by atoms with Crippen LogP contribution in [-0.2, 0) is 18.6 Å². The number of piperidine rings is 1. The molecule has 1 aromatic heterocycles. The van der Waals surface area contributed by atoms with E-state index in [0.717, 1.165) is 61.4 Å². The van der Waals surface area contributed by atoms with Crippen molar-refractivity contribution in [3.8, 4) is 16.9 Å². The van der Waals surface area contributed by atoms with E-state index < -0.39 is 23.5 Å².